The van der Waals surface area contributed by atoms with E-state index in [1.165, 1.54) is 10.7 Å². The number of carboxylic acid groups (broad SMARTS) is 1. The minimum atomic E-state index is -1.05. The van der Waals surface area contributed by atoms with Gasteiger partial charge in [-0.1, -0.05) is 18.2 Å². The molecule has 0 radical (unpaired) electrons. The van der Waals surface area contributed by atoms with Crippen LogP contribution < -0.4 is 10.1 Å². The van der Waals surface area contributed by atoms with Gasteiger partial charge in [-0.3, -0.25) is 4.79 Å². The van der Waals surface area contributed by atoms with Gasteiger partial charge in [0, 0.05) is 12.1 Å². The highest BCUT2D eigenvalue weighted by Crippen LogP contribution is 2.22. The number of tetrazole rings is 1. The Morgan fingerprint density at radius 1 is 1.21 bits per heavy atom. The normalized spacial score (nSPS) is 11.7. The molecule has 9 heteroatoms. The molecule has 1 amide bonds. The molecule has 0 saturated heterocycles. The number of anilines is 1. The van der Waals surface area contributed by atoms with E-state index in [1.54, 1.807) is 33.1 Å². The molecule has 9 nitrogen and oxygen atoms in total. The number of aryl methyl sites for hydroxylation is 2. The lowest BCUT2D eigenvalue weighted by Crippen LogP contribution is -2.29. The summed E-state index contributed by atoms with van der Waals surface area (Å²) in [7, 11) is 1.58. The van der Waals surface area contributed by atoms with Crippen molar-refractivity contribution in [3.05, 3.63) is 65.0 Å². The van der Waals surface area contributed by atoms with E-state index in [0.717, 1.165) is 5.56 Å². The van der Waals surface area contributed by atoms with Gasteiger partial charge in [0.1, 0.15) is 17.6 Å². The Bertz CT molecular complexity index is 1050. The molecule has 0 bridgehead atoms. The van der Waals surface area contributed by atoms with Crippen molar-refractivity contribution in [1.82, 2.24) is 20.2 Å². The SMILES string of the molecule is COc1cccc(CC(C(=O)Nc2ccc(C)c(C(=O)O)c2)n2nnnc2C)c1. The molecule has 1 atom stereocenters. The van der Waals surface area contributed by atoms with Gasteiger partial charge in [-0.25, -0.2) is 9.48 Å². The number of hydrogen-bond donors (Lipinski definition) is 2. The summed E-state index contributed by atoms with van der Waals surface area (Å²) in [4.78, 5) is 24.5. The second kappa shape index (κ2) is 8.51. The predicted octanol–water partition coefficient (Wildman–Crippen LogP) is 2.42. The van der Waals surface area contributed by atoms with Gasteiger partial charge in [0.25, 0.3) is 0 Å². The Morgan fingerprint density at radius 3 is 2.66 bits per heavy atom. The van der Waals surface area contributed by atoms with Crippen molar-refractivity contribution >= 4 is 17.6 Å². The number of rotatable bonds is 7. The largest absolute Gasteiger partial charge is 0.497 e. The summed E-state index contributed by atoms with van der Waals surface area (Å²) in [5, 5.41) is 23.5. The third-order valence-corrected chi connectivity index (χ3v) is 4.55. The molecular formula is C20H21N5O4. The van der Waals surface area contributed by atoms with Gasteiger partial charge in [-0.2, -0.15) is 0 Å². The number of carboxylic acids is 1. The molecule has 150 valence electrons. The summed E-state index contributed by atoms with van der Waals surface area (Å²) >= 11 is 0. The first kappa shape index (κ1) is 20.0. The van der Waals surface area contributed by atoms with E-state index in [-0.39, 0.29) is 11.5 Å². The summed E-state index contributed by atoms with van der Waals surface area (Å²) < 4.78 is 6.70. The number of nitrogens with one attached hydrogen (secondary N) is 1. The molecular weight excluding hydrogens is 374 g/mol. The highest BCUT2D eigenvalue weighted by molar-refractivity contribution is 5.96. The summed E-state index contributed by atoms with van der Waals surface area (Å²) in [6.07, 6.45) is 0.326. The molecule has 2 N–H and O–H groups in total. The highest BCUT2D eigenvalue weighted by Gasteiger charge is 2.25. The first-order chi connectivity index (χ1) is 13.9. The van der Waals surface area contributed by atoms with Crippen LogP contribution in [-0.2, 0) is 11.2 Å². The number of amides is 1. The van der Waals surface area contributed by atoms with Crippen molar-refractivity contribution in [1.29, 1.82) is 0 Å². The van der Waals surface area contributed by atoms with E-state index in [1.807, 2.05) is 24.3 Å². The van der Waals surface area contributed by atoms with Gasteiger partial charge < -0.3 is 15.2 Å². The van der Waals surface area contributed by atoms with Crippen LogP contribution in [-0.4, -0.2) is 44.3 Å². The van der Waals surface area contributed by atoms with E-state index in [2.05, 4.69) is 20.8 Å². The zero-order valence-corrected chi connectivity index (χ0v) is 16.3. The maximum atomic E-state index is 13.1. The zero-order valence-electron chi connectivity index (χ0n) is 16.3. The predicted molar refractivity (Wildman–Crippen MR) is 105 cm³/mol. The quantitative estimate of drug-likeness (QED) is 0.630. The number of ether oxygens (including phenoxy) is 1. The van der Waals surface area contributed by atoms with Crippen molar-refractivity contribution in [2.75, 3.05) is 12.4 Å². The third kappa shape index (κ3) is 4.57. The molecule has 0 fully saturated rings. The highest BCUT2D eigenvalue weighted by atomic mass is 16.5. The fraction of sp³-hybridized carbons (Fsp3) is 0.250. The van der Waals surface area contributed by atoms with Crippen molar-refractivity contribution in [3.63, 3.8) is 0 Å². The van der Waals surface area contributed by atoms with Gasteiger partial charge in [0.05, 0.1) is 12.7 Å². The second-order valence-corrected chi connectivity index (χ2v) is 6.57. The molecule has 0 spiro atoms. The van der Waals surface area contributed by atoms with Gasteiger partial charge in [0.2, 0.25) is 5.91 Å². The first-order valence-electron chi connectivity index (χ1n) is 8.91. The van der Waals surface area contributed by atoms with Crippen LogP contribution in [0.25, 0.3) is 0 Å². The van der Waals surface area contributed by atoms with E-state index < -0.39 is 12.0 Å². The summed E-state index contributed by atoms with van der Waals surface area (Å²) in [6.45, 7) is 3.41. The summed E-state index contributed by atoms with van der Waals surface area (Å²) in [5.41, 5.74) is 2.00. The molecule has 0 aliphatic rings. The van der Waals surface area contributed by atoms with Crippen LogP contribution in [0.4, 0.5) is 5.69 Å². The number of nitrogens with zero attached hydrogens (tertiary/aromatic N) is 4. The topological polar surface area (TPSA) is 119 Å². The number of benzene rings is 2. The number of methoxy groups -OCH3 is 1. The Labute approximate surface area is 167 Å². The summed E-state index contributed by atoms with van der Waals surface area (Å²) in [6, 6.07) is 11.4. The number of carbonyl (C=O) groups is 2. The molecule has 3 aromatic rings. The van der Waals surface area contributed by atoms with Crippen molar-refractivity contribution < 1.29 is 19.4 Å². The number of aromatic nitrogens is 4. The Hall–Kier alpha value is -3.75. The first-order valence-corrected chi connectivity index (χ1v) is 8.91. The van der Waals surface area contributed by atoms with Crippen molar-refractivity contribution in [3.8, 4) is 5.75 Å². The van der Waals surface area contributed by atoms with Crippen LogP contribution in [0, 0.1) is 13.8 Å². The lowest BCUT2D eigenvalue weighted by molar-refractivity contribution is -0.119. The van der Waals surface area contributed by atoms with Crippen LogP contribution >= 0.6 is 0 Å². The molecule has 3 rings (SSSR count). The molecule has 1 aromatic heterocycles. The minimum Gasteiger partial charge on any atom is -0.497 e. The smallest absolute Gasteiger partial charge is 0.336 e. The average molecular weight is 395 g/mol. The zero-order chi connectivity index (χ0) is 21.0. The lowest BCUT2D eigenvalue weighted by Gasteiger charge is -2.18. The Kier molecular flexibility index (Phi) is 5.87. The number of aromatic carboxylic acids is 1. The van der Waals surface area contributed by atoms with E-state index in [0.29, 0.717) is 29.2 Å². The minimum absolute atomic E-state index is 0.130. The standard InChI is InChI=1S/C20H21N5O4/c1-12-7-8-15(11-17(12)20(27)28)21-19(26)18(25-13(2)22-23-24-25)10-14-5-4-6-16(9-14)29-3/h4-9,11,18H,10H2,1-3H3,(H,21,26)(H,27,28). The summed E-state index contributed by atoms with van der Waals surface area (Å²) in [5.74, 6) is -0.242. The van der Waals surface area contributed by atoms with Crippen LogP contribution in [0.1, 0.15) is 33.4 Å². The monoisotopic (exact) mass is 395 g/mol. The molecule has 0 aliphatic heterocycles. The van der Waals surface area contributed by atoms with E-state index >= 15 is 0 Å². The Balaban J connectivity index is 1.90. The number of hydrogen-bond acceptors (Lipinski definition) is 6. The van der Waals surface area contributed by atoms with Crippen molar-refractivity contribution in [2.45, 2.75) is 26.3 Å². The van der Waals surface area contributed by atoms with Crippen LogP contribution in [0.5, 0.6) is 5.75 Å². The van der Waals surface area contributed by atoms with Crippen LogP contribution in [0.15, 0.2) is 42.5 Å². The number of carbonyl (C=O) groups excluding carboxylic acids is 1. The van der Waals surface area contributed by atoms with Crippen molar-refractivity contribution in [2.24, 2.45) is 0 Å². The molecule has 1 heterocycles. The van der Waals surface area contributed by atoms with E-state index in [4.69, 9.17) is 4.74 Å². The fourth-order valence-electron chi connectivity index (χ4n) is 2.99. The van der Waals surface area contributed by atoms with Gasteiger partial charge in [-0.15, -0.1) is 5.10 Å². The molecule has 0 saturated carbocycles. The van der Waals surface area contributed by atoms with Crippen LogP contribution in [0.3, 0.4) is 0 Å². The van der Waals surface area contributed by atoms with Crippen LogP contribution in [0.2, 0.25) is 0 Å². The molecule has 2 aromatic carbocycles. The maximum Gasteiger partial charge on any atom is 0.336 e. The lowest BCUT2D eigenvalue weighted by atomic mass is 10.0. The third-order valence-electron chi connectivity index (χ3n) is 4.55. The Morgan fingerprint density at radius 2 is 2.00 bits per heavy atom. The average Bonchev–Trinajstić information content (AvgIpc) is 3.13. The second-order valence-electron chi connectivity index (χ2n) is 6.57. The fourth-order valence-corrected chi connectivity index (χ4v) is 2.99. The molecule has 29 heavy (non-hydrogen) atoms. The molecule has 1 unspecified atom stereocenters. The van der Waals surface area contributed by atoms with Gasteiger partial charge in [-0.05, 0) is 59.7 Å². The van der Waals surface area contributed by atoms with E-state index in [9.17, 15) is 14.7 Å². The van der Waals surface area contributed by atoms with Gasteiger partial charge >= 0.3 is 5.97 Å². The van der Waals surface area contributed by atoms with Gasteiger partial charge in [0.15, 0.2) is 0 Å². The molecule has 0 aliphatic carbocycles. The maximum absolute atomic E-state index is 13.1.